The maximum absolute atomic E-state index is 12.8. The van der Waals surface area contributed by atoms with Crippen molar-refractivity contribution in [3.05, 3.63) is 47.5 Å². The molecule has 1 aliphatic rings. The van der Waals surface area contributed by atoms with Crippen molar-refractivity contribution in [2.45, 2.75) is 12.5 Å². The molecule has 0 bridgehead atoms. The Balaban J connectivity index is 0.00000432. The monoisotopic (exact) mass is 533 g/mol. The van der Waals surface area contributed by atoms with E-state index in [-0.39, 0.29) is 58.1 Å². The van der Waals surface area contributed by atoms with Crippen LogP contribution < -0.4 is 5.32 Å². The molecule has 35 heavy (non-hydrogen) atoms. The van der Waals surface area contributed by atoms with Crippen LogP contribution in [0.5, 0.6) is 23.0 Å². The zero-order valence-corrected chi connectivity index (χ0v) is 20.0. The Bertz CT molecular complexity index is 1030. The number of aromatic hydroxyl groups is 4. The molecule has 2 aromatic rings. The summed E-state index contributed by atoms with van der Waals surface area (Å²) >= 11 is 0. The van der Waals surface area contributed by atoms with E-state index >= 15 is 0 Å². The number of amides is 1. The molecule has 5 N–H and O–H groups in total. The van der Waals surface area contributed by atoms with Crippen molar-refractivity contribution in [3.8, 4) is 23.0 Å². The van der Waals surface area contributed by atoms with Crippen LogP contribution in [0.25, 0.3) is 0 Å². The standard InChI is InChI=1S/C24H30N4O6.Cu/c29-20-6-1-4-17(22(20)31)14-25-16-19(27-15-18-5-2-7-21(30)23(18)32)24(33)26-8-3-9-28-10-12-34-13-11-28;/h1-2,4-7,14-15,19,29-32H,3,8-13,16H2,(H,26,33);. The van der Waals surface area contributed by atoms with Crippen LogP contribution in [0.2, 0.25) is 0 Å². The van der Waals surface area contributed by atoms with Gasteiger partial charge < -0.3 is 30.5 Å². The Kier molecular flexibility index (Phi) is 11.5. The summed E-state index contributed by atoms with van der Waals surface area (Å²) in [4.78, 5) is 23.6. The Morgan fingerprint density at radius 2 is 1.60 bits per heavy atom. The third-order valence-corrected chi connectivity index (χ3v) is 5.35. The van der Waals surface area contributed by atoms with E-state index < -0.39 is 6.04 Å². The van der Waals surface area contributed by atoms with Crippen LogP contribution in [-0.4, -0.2) is 95.6 Å². The van der Waals surface area contributed by atoms with E-state index in [1.165, 1.54) is 24.6 Å². The molecular formula is C24H30CuN4O6. The van der Waals surface area contributed by atoms with Crippen LogP contribution in [0.1, 0.15) is 17.5 Å². The molecule has 1 radical (unpaired) electrons. The molecule has 1 unspecified atom stereocenters. The van der Waals surface area contributed by atoms with E-state index in [1.54, 1.807) is 24.3 Å². The Labute approximate surface area is 214 Å². The first-order valence-electron chi connectivity index (χ1n) is 11.1. The number of carbonyl (C=O) groups is 1. The molecule has 193 valence electrons. The van der Waals surface area contributed by atoms with Crippen molar-refractivity contribution in [1.29, 1.82) is 0 Å². The number of nitrogens with one attached hydrogen (secondary N) is 1. The summed E-state index contributed by atoms with van der Waals surface area (Å²) < 4.78 is 5.33. The number of para-hydroxylation sites is 2. The number of nitrogens with zero attached hydrogens (tertiary/aromatic N) is 3. The fourth-order valence-electron chi connectivity index (χ4n) is 3.38. The predicted molar refractivity (Wildman–Crippen MR) is 128 cm³/mol. The van der Waals surface area contributed by atoms with Gasteiger partial charge >= 0.3 is 0 Å². The van der Waals surface area contributed by atoms with Gasteiger partial charge in [-0.05, 0) is 37.2 Å². The smallest absolute Gasteiger partial charge is 0.246 e. The van der Waals surface area contributed by atoms with Gasteiger partial charge in [0.2, 0.25) is 5.91 Å². The van der Waals surface area contributed by atoms with E-state index in [4.69, 9.17) is 4.74 Å². The van der Waals surface area contributed by atoms with Gasteiger partial charge in [-0.15, -0.1) is 0 Å². The SMILES string of the molecule is O=C(NCCCN1CCOCC1)C(CN=Cc1cccc(O)c1O)N=Cc1cccc(O)c1O.[Cu]. The van der Waals surface area contributed by atoms with E-state index in [2.05, 4.69) is 20.2 Å². The molecule has 1 atom stereocenters. The molecule has 1 heterocycles. The summed E-state index contributed by atoms with van der Waals surface area (Å²) in [5.41, 5.74) is 0.569. The second kappa shape index (κ2) is 14.3. The van der Waals surface area contributed by atoms with Crippen LogP contribution in [0.3, 0.4) is 0 Å². The molecule has 0 saturated carbocycles. The third kappa shape index (κ3) is 8.56. The van der Waals surface area contributed by atoms with Gasteiger partial charge in [0, 0.05) is 60.3 Å². The van der Waals surface area contributed by atoms with Gasteiger partial charge in [0.25, 0.3) is 0 Å². The summed E-state index contributed by atoms with van der Waals surface area (Å²) in [7, 11) is 0. The topological polar surface area (TPSA) is 147 Å². The van der Waals surface area contributed by atoms with Gasteiger partial charge in [-0.1, -0.05) is 12.1 Å². The zero-order valence-electron chi connectivity index (χ0n) is 19.1. The second-order valence-electron chi connectivity index (χ2n) is 7.82. The van der Waals surface area contributed by atoms with Crippen molar-refractivity contribution >= 4 is 18.3 Å². The summed E-state index contributed by atoms with van der Waals surface area (Å²) in [5.74, 6) is -1.52. The van der Waals surface area contributed by atoms with Crippen LogP contribution in [0, 0.1) is 0 Å². The Morgan fingerprint density at radius 1 is 1.00 bits per heavy atom. The first-order chi connectivity index (χ1) is 16.5. The van der Waals surface area contributed by atoms with Crippen molar-refractivity contribution in [1.82, 2.24) is 10.2 Å². The van der Waals surface area contributed by atoms with E-state index in [0.717, 1.165) is 39.3 Å². The van der Waals surface area contributed by atoms with Gasteiger partial charge in [0.1, 0.15) is 6.04 Å². The van der Waals surface area contributed by atoms with Gasteiger partial charge in [-0.25, -0.2) is 0 Å². The number of phenols is 4. The second-order valence-corrected chi connectivity index (χ2v) is 7.82. The van der Waals surface area contributed by atoms with Crippen molar-refractivity contribution in [2.75, 3.05) is 45.9 Å². The average Bonchev–Trinajstić information content (AvgIpc) is 2.84. The van der Waals surface area contributed by atoms with Gasteiger partial charge in [-0.2, -0.15) is 0 Å². The van der Waals surface area contributed by atoms with E-state index in [1.807, 2.05) is 0 Å². The maximum Gasteiger partial charge on any atom is 0.246 e. The quantitative estimate of drug-likeness (QED) is 0.134. The number of ether oxygens (including phenoxy) is 1. The summed E-state index contributed by atoms with van der Waals surface area (Å²) in [5, 5.41) is 42.1. The molecule has 11 heteroatoms. The maximum atomic E-state index is 12.8. The van der Waals surface area contributed by atoms with Crippen LogP contribution in [0.4, 0.5) is 0 Å². The number of morpholine rings is 1. The van der Waals surface area contributed by atoms with Crippen LogP contribution >= 0.6 is 0 Å². The van der Waals surface area contributed by atoms with Crippen LogP contribution in [-0.2, 0) is 26.6 Å². The number of aliphatic imine (C=N–C) groups is 2. The largest absolute Gasteiger partial charge is 0.504 e. The molecule has 10 nitrogen and oxygen atoms in total. The minimum Gasteiger partial charge on any atom is -0.504 e. The summed E-state index contributed by atoms with van der Waals surface area (Å²) in [6.07, 6.45) is 3.44. The number of benzene rings is 2. The molecular weight excluding hydrogens is 504 g/mol. The average molecular weight is 534 g/mol. The minimum atomic E-state index is -0.902. The normalized spacial score (nSPS) is 15.2. The number of rotatable bonds is 10. The molecule has 1 fully saturated rings. The molecule has 2 aromatic carbocycles. The fraction of sp³-hybridized carbons (Fsp3) is 0.375. The Hall–Kier alpha value is -3.11. The van der Waals surface area contributed by atoms with Gasteiger partial charge in [0.05, 0.1) is 19.8 Å². The fourth-order valence-corrected chi connectivity index (χ4v) is 3.38. The minimum absolute atomic E-state index is 0. The van der Waals surface area contributed by atoms with Gasteiger partial charge in [0.15, 0.2) is 23.0 Å². The first-order valence-corrected chi connectivity index (χ1v) is 11.1. The molecule has 1 saturated heterocycles. The van der Waals surface area contributed by atoms with E-state index in [9.17, 15) is 25.2 Å². The van der Waals surface area contributed by atoms with Crippen molar-refractivity contribution < 1.29 is 47.0 Å². The molecule has 0 spiro atoms. The number of hydrogen-bond acceptors (Lipinski definition) is 9. The van der Waals surface area contributed by atoms with Crippen molar-refractivity contribution in [3.63, 3.8) is 0 Å². The number of phenolic OH excluding ortho intramolecular Hbond substituents is 4. The summed E-state index contributed by atoms with van der Waals surface area (Å²) in [6.45, 7) is 4.49. The summed E-state index contributed by atoms with van der Waals surface area (Å²) in [6, 6.07) is 8.05. The van der Waals surface area contributed by atoms with Gasteiger partial charge in [-0.3, -0.25) is 19.7 Å². The molecule has 0 aliphatic carbocycles. The first kappa shape index (κ1) is 28.1. The number of carbonyl (C=O) groups excluding carboxylic acids is 1. The zero-order chi connectivity index (χ0) is 24.3. The predicted octanol–water partition coefficient (Wildman–Crippen LogP) is 1.25. The Morgan fingerprint density at radius 3 is 2.23 bits per heavy atom. The van der Waals surface area contributed by atoms with E-state index in [0.29, 0.717) is 12.1 Å². The molecule has 0 aromatic heterocycles. The molecule has 1 aliphatic heterocycles. The number of hydrogen-bond donors (Lipinski definition) is 5. The molecule has 1 amide bonds. The van der Waals surface area contributed by atoms with Crippen molar-refractivity contribution in [2.24, 2.45) is 9.98 Å². The molecule has 3 rings (SSSR count). The van der Waals surface area contributed by atoms with Crippen LogP contribution in [0.15, 0.2) is 46.4 Å². The third-order valence-electron chi connectivity index (χ3n) is 5.35.